The molecule has 2 atom stereocenters. The fourth-order valence-corrected chi connectivity index (χ4v) is 3.73. The second-order valence-corrected chi connectivity index (χ2v) is 6.81. The van der Waals surface area contributed by atoms with Crippen LogP contribution in [0.15, 0.2) is 72.8 Å². The van der Waals surface area contributed by atoms with Crippen molar-refractivity contribution in [2.75, 3.05) is 13.7 Å². The van der Waals surface area contributed by atoms with E-state index in [-0.39, 0.29) is 12.6 Å². The van der Waals surface area contributed by atoms with Crippen LogP contribution in [0.5, 0.6) is 0 Å². The van der Waals surface area contributed by atoms with Crippen LogP contribution in [0.1, 0.15) is 17.2 Å². The van der Waals surface area contributed by atoms with Crippen LogP contribution < -0.4 is 0 Å². The second-order valence-electron chi connectivity index (χ2n) is 6.81. The van der Waals surface area contributed by atoms with Crippen LogP contribution in [0.4, 0.5) is 4.79 Å². The predicted octanol–water partition coefficient (Wildman–Crippen LogP) is 4.12. The number of ether oxygens (including phenoxy) is 2. The van der Waals surface area contributed by atoms with E-state index in [1.165, 1.54) is 12.0 Å². The smallest absolute Gasteiger partial charge is 0.417 e. The Morgan fingerprint density at radius 1 is 1.07 bits per heavy atom. The molecule has 0 bridgehead atoms. The molecule has 0 aliphatic carbocycles. The maximum absolute atomic E-state index is 13.3. The van der Waals surface area contributed by atoms with E-state index < -0.39 is 18.1 Å². The number of carbonyl (C=O) groups is 2. The van der Waals surface area contributed by atoms with Crippen molar-refractivity contribution in [1.29, 1.82) is 0 Å². The molecule has 0 N–H and O–H groups in total. The van der Waals surface area contributed by atoms with Gasteiger partial charge in [0, 0.05) is 7.11 Å². The lowest BCUT2D eigenvalue weighted by molar-refractivity contribution is -0.140. The number of hydrogen-bond donors (Lipinski definition) is 0. The third kappa shape index (κ3) is 3.37. The summed E-state index contributed by atoms with van der Waals surface area (Å²) in [5.41, 5.74) is 1.78. The Labute approximate surface area is 163 Å². The number of carbonyl (C=O) groups excluding carboxylic acids is 2. The highest BCUT2D eigenvalue weighted by atomic mass is 16.6. The van der Waals surface area contributed by atoms with Crippen LogP contribution in [0.2, 0.25) is 0 Å². The zero-order valence-electron chi connectivity index (χ0n) is 15.6. The quantitative estimate of drug-likeness (QED) is 0.673. The van der Waals surface area contributed by atoms with Crippen LogP contribution in [-0.2, 0) is 20.7 Å². The average molecular weight is 375 g/mol. The number of fused-ring (bicyclic) bond motifs is 1. The minimum absolute atomic E-state index is 0.186. The van der Waals surface area contributed by atoms with Gasteiger partial charge in [-0.1, -0.05) is 72.8 Å². The monoisotopic (exact) mass is 375 g/mol. The Bertz CT molecular complexity index is 996. The molecule has 5 heteroatoms. The van der Waals surface area contributed by atoms with E-state index in [1.54, 1.807) is 0 Å². The number of nitrogens with zero attached hydrogens (tertiary/aromatic N) is 1. The van der Waals surface area contributed by atoms with Gasteiger partial charge in [0.05, 0.1) is 6.04 Å². The molecule has 0 saturated carbocycles. The van der Waals surface area contributed by atoms with E-state index in [1.807, 2.05) is 72.8 Å². The molecule has 4 rings (SSSR count). The fourth-order valence-electron chi connectivity index (χ4n) is 3.73. The fraction of sp³-hybridized carbons (Fsp3) is 0.217. The van der Waals surface area contributed by atoms with E-state index in [2.05, 4.69) is 0 Å². The summed E-state index contributed by atoms with van der Waals surface area (Å²) in [5, 5.41) is 1.94. The molecule has 5 nitrogen and oxygen atoms in total. The number of imide groups is 1. The molecule has 1 aliphatic rings. The molecule has 3 aromatic carbocycles. The zero-order valence-corrected chi connectivity index (χ0v) is 15.6. The zero-order chi connectivity index (χ0) is 19.5. The van der Waals surface area contributed by atoms with Gasteiger partial charge in [-0.05, 0) is 28.3 Å². The van der Waals surface area contributed by atoms with Crippen molar-refractivity contribution in [3.63, 3.8) is 0 Å². The van der Waals surface area contributed by atoms with Crippen LogP contribution in [0.25, 0.3) is 10.8 Å². The maximum atomic E-state index is 13.3. The second kappa shape index (κ2) is 7.82. The van der Waals surface area contributed by atoms with E-state index in [4.69, 9.17) is 9.47 Å². The van der Waals surface area contributed by atoms with E-state index in [0.29, 0.717) is 6.42 Å². The first-order chi connectivity index (χ1) is 13.7. The molecule has 3 aromatic rings. The van der Waals surface area contributed by atoms with Crippen molar-refractivity contribution in [2.24, 2.45) is 0 Å². The van der Waals surface area contributed by atoms with Gasteiger partial charge < -0.3 is 9.47 Å². The number of cyclic esters (lactones) is 1. The van der Waals surface area contributed by atoms with Crippen LogP contribution in [-0.4, -0.2) is 36.7 Å². The van der Waals surface area contributed by atoms with Crippen molar-refractivity contribution in [3.8, 4) is 0 Å². The van der Waals surface area contributed by atoms with Gasteiger partial charge in [-0.15, -0.1) is 0 Å². The summed E-state index contributed by atoms with van der Waals surface area (Å²) in [7, 11) is 1.48. The molecule has 2 amide bonds. The number of amides is 2. The maximum Gasteiger partial charge on any atom is 0.417 e. The van der Waals surface area contributed by atoms with E-state index in [0.717, 1.165) is 21.9 Å². The van der Waals surface area contributed by atoms with Gasteiger partial charge in [-0.2, -0.15) is 0 Å². The Morgan fingerprint density at radius 2 is 1.79 bits per heavy atom. The predicted molar refractivity (Wildman–Crippen MR) is 106 cm³/mol. The molecule has 1 fully saturated rings. The molecular weight excluding hydrogens is 354 g/mol. The minimum atomic E-state index is -0.880. The highest BCUT2D eigenvalue weighted by Gasteiger charge is 2.41. The SMILES string of the molecule is COC(C(=O)N1C(=O)OC[C@@H]1Cc1ccccc1)c1cccc2ccccc12. The average Bonchev–Trinajstić information content (AvgIpc) is 3.09. The third-order valence-electron chi connectivity index (χ3n) is 5.08. The number of methoxy groups -OCH3 is 1. The van der Waals surface area contributed by atoms with Gasteiger partial charge >= 0.3 is 6.09 Å². The standard InChI is InChI=1S/C23H21NO4/c1-27-21(20-13-7-11-17-10-5-6-12-19(17)20)22(25)24-18(15-28-23(24)26)14-16-8-3-2-4-9-16/h2-13,18,21H,14-15H2,1H3/t18-,21?/m0/s1. The molecule has 142 valence electrons. The number of benzene rings is 3. The summed E-state index contributed by atoms with van der Waals surface area (Å²) in [6, 6.07) is 23.0. The molecule has 1 aliphatic heterocycles. The molecule has 1 unspecified atom stereocenters. The van der Waals surface area contributed by atoms with Gasteiger partial charge in [0.15, 0.2) is 6.10 Å². The normalized spacial score (nSPS) is 17.5. The Hall–Kier alpha value is -3.18. The van der Waals surface area contributed by atoms with Crippen LogP contribution in [0, 0.1) is 0 Å². The molecule has 0 spiro atoms. The molecule has 1 heterocycles. The number of hydrogen-bond acceptors (Lipinski definition) is 4. The van der Waals surface area contributed by atoms with Crippen LogP contribution in [0.3, 0.4) is 0 Å². The lowest BCUT2D eigenvalue weighted by Gasteiger charge is -2.25. The van der Waals surface area contributed by atoms with Crippen molar-refractivity contribution in [1.82, 2.24) is 4.90 Å². The molecular formula is C23H21NO4. The van der Waals surface area contributed by atoms with Crippen molar-refractivity contribution in [2.45, 2.75) is 18.6 Å². The van der Waals surface area contributed by atoms with Crippen LogP contribution >= 0.6 is 0 Å². The summed E-state index contributed by atoms with van der Waals surface area (Å²) in [6.07, 6.45) is -0.951. The summed E-state index contributed by atoms with van der Waals surface area (Å²) < 4.78 is 10.8. The molecule has 28 heavy (non-hydrogen) atoms. The molecule has 0 radical (unpaired) electrons. The lowest BCUT2D eigenvalue weighted by atomic mass is 9.98. The minimum Gasteiger partial charge on any atom is -0.447 e. The highest BCUT2D eigenvalue weighted by molar-refractivity contribution is 5.99. The first kappa shape index (κ1) is 18.2. The third-order valence-corrected chi connectivity index (χ3v) is 5.08. The summed E-state index contributed by atoms with van der Waals surface area (Å²) in [5.74, 6) is -0.401. The topological polar surface area (TPSA) is 55.8 Å². The molecule has 0 aromatic heterocycles. The van der Waals surface area contributed by atoms with Crippen molar-refractivity contribution < 1.29 is 19.1 Å². The number of rotatable bonds is 5. The summed E-state index contributed by atoms with van der Waals surface area (Å²) in [4.78, 5) is 26.9. The van der Waals surface area contributed by atoms with E-state index >= 15 is 0 Å². The van der Waals surface area contributed by atoms with Crippen molar-refractivity contribution >= 4 is 22.8 Å². The highest BCUT2D eigenvalue weighted by Crippen LogP contribution is 2.30. The summed E-state index contributed by atoms with van der Waals surface area (Å²) >= 11 is 0. The Balaban J connectivity index is 1.66. The first-order valence-electron chi connectivity index (χ1n) is 9.23. The van der Waals surface area contributed by atoms with Gasteiger partial charge in [0.2, 0.25) is 0 Å². The molecule has 1 saturated heterocycles. The summed E-state index contributed by atoms with van der Waals surface area (Å²) in [6.45, 7) is 0.186. The Morgan fingerprint density at radius 3 is 2.57 bits per heavy atom. The lowest BCUT2D eigenvalue weighted by Crippen LogP contribution is -2.43. The van der Waals surface area contributed by atoms with Gasteiger partial charge in [-0.3, -0.25) is 4.79 Å². The van der Waals surface area contributed by atoms with Gasteiger partial charge in [-0.25, -0.2) is 9.69 Å². The van der Waals surface area contributed by atoms with Gasteiger partial charge in [0.25, 0.3) is 5.91 Å². The largest absolute Gasteiger partial charge is 0.447 e. The van der Waals surface area contributed by atoms with Gasteiger partial charge in [0.1, 0.15) is 6.61 Å². The van der Waals surface area contributed by atoms with E-state index in [9.17, 15) is 9.59 Å². The Kier molecular flexibility index (Phi) is 5.08. The van der Waals surface area contributed by atoms with Crippen molar-refractivity contribution in [3.05, 3.63) is 83.9 Å². The first-order valence-corrected chi connectivity index (χ1v) is 9.23.